The quantitative estimate of drug-likeness (QED) is 0.671. The van der Waals surface area contributed by atoms with Gasteiger partial charge >= 0.3 is 5.97 Å². The molecule has 1 saturated carbocycles. The molecule has 1 aliphatic carbocycles. The van der Waals surface area contributed by atoms with E-state index in [4.69, 9.17) is 5.11 Å². The number of nitrogens with one attached hydrogen (secondary N) is 1. The van der Waals surface area contributed by atoms with Crippen LogP contribution in [-0.2, 0) is 9.59 Å². The highest BCUT2D eigenvalue weighted by atomic mass is 16.4. The highest BCUT2D eigenvalue weighted by Gasteiger charge is 2.51. The van der Waals surface area contributed by atoms with Gasteiger partial charge < -0.3 is 10.4 Å². The van der Waals surface area contributed by atoms with Crippen LogP contribution in [0.4, 0.5) is 0 Å². The average Bonchev–Trinajstić information content (AvgIpc) is 2.86. The Morgan fingerprint density at radius 3 is 2.41 bits per heavy atom. The molecule has 0 bridgehead atoms. The van der Waals surface area contributed by atoms with E-state index in [1.54, 1.807) is 0 Å². The number of hydrogen-bond acceptors (Lipinski definition) is 2. The molecule has 17 heavy (non-hydrogen) atoms. The van der Waals surface area contributed by atoms with E-state index < -0.39 is 12.0 Å². The maximum Gasteiger partial charge on any atom is 0.326 e. The smallest absolute Gasteiger partial charge is 0.326 e. The summed E-state index contributed by atoms with van der Waals surface area (Å²) in [5, 5.41) is 11.7. The Balaban J connectivity index is 2.39. The molecule has 0 spiro atoms. The molecule has 1 aliphatic rings. The largest absolute Gasteiger partial charge is 0.480 e. The molecule has 0 radical (unpaired) electrons. The fourth-order valence-electron chi connectivity index (χ4n) is 2.04. The lowest BCUT2D eigenvalue weighted by Crippen LogP contribution is -2.42. The Labute approximate surface area is 103 Å². The minimum atomic E-state index is -0.923. The molecule has 98 valence electrons. The van der Waals surface area contributed by atoms with Gasteiger partial charge in [-0.2, -0.15) is 0 Å². The van der Waals surface area contributed by atoms with Crippen molar-refractivity contribution in [3.05, 3.63) is 0 Å². The summed E-state index contributed by atoms with van der Waals surface area (Å²) in [6.07, 6.45) is 4.30. The average molecular weight is 241 g/mol. The normalized spacial score (nSPS) is 22.9. The number of carbonyl (C=O) groups excluding carboxylic acids is 1. The van der Waals surface area contributed by atoms with Crippen molar-refractivity contribution in [1.29, 1.82) is 0 Å². The van der Waals surface area contributed by atoms with E-state index in [1.807, 2.05) is 13.8 Å². The molecule has 2 unspecified atom stereocenters. The van der Waals surface area contributed by atoms with E-state index in [2.05, 4.69) is 12.2 Å². The first-order valence-electron chi connectivity index (χ1n) is 6.41. The van der Waals surface area contributed by atoms with E-state index in [0.29, 0.717) is 6.42 Å². The van der Waals surface area contributed by atoms with Crippen molar-refractivity contribution in [2.24, 2.45) is 11.3 Å². The third-order valence-corrected chi connectivity index (χ3v) is 3.54. The topological polar surface area (TPSA) is 66.4 Å². The van der Waals surface area contributed by atoms with E-state index in [1.165, 1.54) is 0 Å². The van der Waals surface area contributed by atoms with E-state index in [9.17, 15) is 9.59 Å². The first kappa shape index (κ1) is 14.0. The number of rotatable bonds is 7. The van der Waals surface area contributed by atoms with Gasteiger partial charge in [0.1, 0.15) is 6.04 Å². The fraction of sp³-hybridized carbons (Fsp3) is 0.846. The van der Waals surface area contributed by atoms with Crippen molar-refractivity contribution in [3.8, 4) is 0 Å². The van der Waals surface area contributed by atoms with Gasteiger partial charge in [0.05, 0.1) is 0 Å². The van der Waals surface area contributed by atoms with Gasteiger partial charge in [-0.15, -0.1) is 0 Å². The predicted molar refractivity (Wildman–Crippen MR) is 65.6 cm³/mol. The summed E-state index contributed by atoms with van der Waals surface area (Å²) in [4.78, 5) is 22.8. The lowest BCUT2D eigenvalue weighted by molar-refractivity contribution is -0.142. The van der Waals surface area contributed by atoms with Gasteiger partial charge in [-0.1, -0.05) is 40.0 Å². The van der Waals surface area contributed by atoms with Gasteiger partial charge in [0.25, 0.3) is 0 Å². The number of carbonyl (C=O) groups is 2. The van der Waals surface area contributed by atoms with Crippen LogP contribution in [0.2, 0.25) is 0 Å². The van der Waals surface area contributed by atoms with Gasteiger partial charge in [0.15, 0.2) is 0 Å². The van der Waals surface area contributed by atoms with E-state index in [0.717, 1.165) is 25.7 Å². The Kier molecular flexibility index (Phi) is 4.54. The van der Waals surface area contributed by atoms with E-state index >= 15 is 0 Å². The van der Waals surface area contributed by atoms with Gasteiger partial charge in [-0.25, -0.2) is 4.79 Å². The first-order chi connectivity index (χ1) is 7.88. The first-order valence-corrected chi connectivity index (χ1v) is 6.41. The SMILES string of the molecule is CCCCCC(NC(=O)C1CC1(C)C)C(=O)O. The molecule has 0 aromatic heterocycles. The summed E-state index contributed by atoms with van der Waals surface area (Å²) in [5.41, 5.74) is 0.0521. The van der Waals surface area contributed by atoms with Crippen molar-refractivity contribution in [2.45, 2.75) is 58.9 Å². The summed E-state index contributed by atoms with van der Waals surface area (Å²) in [6, 6.07) is -0.717. The van der Waals surface area contributed by atoms with Gasteiger partial charge in [0.2, 0.25) is 5.91 Å². The molecule has 1 rings (SSSR count). The summed E-state index contributed by atoms with van der Waals surface area (Å²) in [5.74, 6) is -1.03. The number of unbranched alkanes of at least 4 members (excludes halogenated alkanes) is 2. The predicted octanol–water partition coefficient (Wildman–Crippen LogP) is 2.18. The number of hydrogen-bond donors (Lipinski definition) is 2. The third kappa shape index (κ3) is 4.02. The van der Waals surface area contributed by atoms with Crippen LogP contribution in [0.3, 0.4) is 0 Å². The highest BCUT2D eigenvalue weighted by Crippen LogP contribution is 2.51. The number of carboxylic acid groups (broad SMARTS) is 1. The molecule has 0 heterocycles. The molecule has 2 atom stereocenters. The Morgan fingerprint density at radius 1 is 1.41 bits per heavy atom. The molecule has 4 heteroatoms. The zero-order chi connectivity index (χ0) is 13.1. The number of aliphatic carboxylic acids is 1. The van der Waals surface area contributed by atoms with Crippen molar-refractivity contribution in [2.75, 3.05) is 0 Å². The van der Waals surface area contributed by atoms with Crippen molar-refractivity contribution < 1.29 is 14.7 Å². The van der Waals surface area contributed by atoms with E-state index in [-0.39, 0.29) is 17.2 Å². The second-order valence-electron chi connectivity index (χ2n) is 5.64. The van der Waals surface area contributed by atoms with Crippen LogP contribution in [0.5, 0.6) is 0 Å². The molecule has 1 amide bonds. The zero-order valence-corrected chi connectivity index (χ0v) is 11.0. The molecule has 0 aromatic rings. The van der Waals surface area contributed by atoms with Gasteiger partial charge in [-0.05, 0) is 18.3 Å². The molecule has 2 N–H and O–H groups in total. The fourth-order valence-corrected chi connectivity index (χ4v) is 2.04. The molecule has 1 fully saturated rings. The standard InChI is InChI=1S/C13H23NO3/c1-4-5-6-7-10(12(16)17)14-11(15)9-8-13(9,2)3/h9-10H,4-8H2,1-3H3,(H,14,15)(H,16,17). The third-order valence-electron chi connectivity index (χ3n) is 3.54. The van der Waals surface area contributed by atoms with Crippen LogP contribution >= 0.6 is 0 Å². The van der Waals surface area contributed by atoms with Crippen molar-refractivity contribution in [1.82, 2.24) is 5.32 Å². The maximum absolute atomic E-state index is 11.8. The number of carboxylic acids is 1. The maximum atomic E-state index is 11.8. The zero-order valence-electron chi connectivity index (χ0n) is 11.0. The summed E-state index contributed by atoms with van der Waals surface area (Å²) in [7, 11) is 0. The lowest BCUT2D eigenvalue weighted by Gasteiger charge is -2.14. The molecule has 0 aromatic carbocycles. The van der Waals surface area contributed by atoms with Crippen LogP contribution in [0.25, 0.3) is 0 Å². The van der Waals surface area contributed by atoms with Crippen LogP contribution in [0.15, 0.2) is 0 Å². The summed E-state index contributed by atoms with van der Waals surface area (Å²) >= 11 is 0. The van der Waals surface area contributed by atoms with Gasteiger partial charge in [0, 0.05) is 5.92 Å². The van der Waals surface area contributed by atoms with Crippen LogP contribution < -0.4 is 5.32 Å². The summed E-state index contributed by atoms with van der Waals surface area (Å²) < 4.78 is 0. The molecule has 0 aliphatic heterocycles. The van der Waals surface area contributed by atoms with Crippen molar-refractivity contribution >= 4 is 11.9 Å². The van der Waals surface area contributed by atoms with Crippen LogP contribution in [0.1, 0.15) is 52.9 Å². The Hall–Kier alpha value is -1.06. The second-order valence-corrected chi connectivity index (χ2v) is 5.64. The molecule has 4 nitrogen and oxygen atoms in total. The van der Waals surface area contributed by atoms with Gasteiger partial charge in [-0.3, -0.25) is 4.79 Å². The second kappa shape index (κ2) is 5.52. The Morgan fingerprint density at radius 2 is 2.00 bits per heavy atom. The Bertz CT molecular complexity index is 299. The monoisotopic (exact) mass is 241 g/mol. The minimum Gasteiger partial charge on any atom is -0.480 e. The minimum absolute atomic E-state index is 0.00414. The van der Waals surface area contributed by atoms with Crippen LogP contribution in [0, 0.1) is 11.3 Å². The molecular formula is C13H23NO3. The van der Waals surface area contributed by atoms with Crippen LogP contribution in [-0.4, -0.2) is 23.0 Å². The highest BCUT2D eigenvalue weighted by molar-refractivity contribution is 5.87. The van der Waals surface area contributed by atoms with Crippen molar-refractivity contribution in [3.63, 3.8) is 0 Å². The molecule has 0 saturated heterocycles. The lowest BCUT2D eigenvalue weighted by atomic mass is 10.1. The summed E-state index contributed by atoms with van der Waals surface area (Å²) in [6.45, 7) is 6.13. The molecular weight excluding hydrogens is 218 g/mol. The number of amides is 1.